The predicted molar refractivity (Wildman–Crippen MR) is 102 cm³/mol. The van der Waals surface area contributed by atoms with Gasteiger partial charge in [-0.15, -0.1) is 0 Å². The molecule has 1 N–H and O–H groups in total. The third-order valence-corrected chi connectivity index (χ3v) is 7.20. The lowest BCUT2D eigenvalue weighted by Gasteiger charge is -2.40. The summed E-state index contributed by atoms with van der Waals surface area (Å²) in [5, 5.41) is 0.0321. The molecule has 1 saturated heterocycles. The molecule has 2 aromatic carbocycles. The van der Waals surface area contributed by atoms with Crippen molar-refractivity contribution in [2.45, 2.75) is 22.6 Å². The first-order valence-electron chi connectivity index (χ1n) is 8.66. The first-order valence-corrected chi connectivity index (χ1v) is 10.3. The van der Waals surface area contributed by atoms with E-state index in [0.29, 0.717) is 11.1 Å². The number of benzene rings is 2. The number of ether oxygens (including phenoxy) is 2. The number of sulfone groups is 1. The molecule has 0 bridgehead atoms. The zero-order valence-electron chi connectivity index (χ0n) is 15.4. The fourth-order valence-corrected chi connectivity index (χ4v) is 5.82. The normalized spacial score (nSPS) is 26.2. The lowest BCUT2D eigenvalue weighted by Crippen LogP contribution is -2.59. The van der Waals surface area contributed by atoms with Crippen LogP contribution in [0.2, 0.25) is 0 Å². The minimum atomic E-state index is -4.29. The van der Waals surface area contributed by atoms with E-state index in [-0.39, 0.29) is 0 Å². The van der Waals surface area contributed by atoms with E-state index in [9.17, 15) is 18.0 Å². The van der Waals surface area contributed by atoms with E-state index in [4.69, 9.17) is 9.47 Å². The van der Waals surface area contributed by atoms with Gasteiger partial charge in [0.25, 0.3) is 0 Å². The molecule has 8 heteroatoms. The Morgan fingerprint density at radius 1 is 0.750 bits per heavy atom. The van der Waals surface area contributed by atoms with E-state index in [1.165, 1.54) is 0 Å². The average molecular weight is 403 g/mol. The molecule has 2 aromatic rings. The molecular weight excluding hydrogens is 382 g/mol. The van der Waals surface area contributed by atoms with Crippen LogP contribution in [-0.4, -0.2) is 45.1 Å². The van der Waals surface area contributed by atoms with Gasteiger partial charge in [0.1, 0.15) is 0 Å². The van der Waals surface area contributed by atoms with E-state index in [2.05, 4.69) is 5.32 Å². The monoisotopic (exact) mass is 403 g/mol. The Bertz CT molecular complexity index is 874. The van der Waals surface area contributed by atoms with Crippen LogP contribution >= 0.6 is 0 Å². The zero-order valence-corrected chi connectivity index (χ0v) is 16.3. The number of rotatable bonds is 4. The fraction of sp³-hybridized carbons (Fsp3) is 0.300. The summed E-state index contributed by atoms with van der Waals surface area (Å²) in [6, 6.07) is 15.7. The van der Waals surface area contributed by atoms with Crippen molar-refractivity contribution in [3.8, 4) is 0 Å². The Kier molecular flexibility index (Phi) is 5.81. The largest absolute Gasteiger partial charge is 0.468 e. The third kappa shape index (κ3) is 3.53. The highest BCUT2D eigenvalue weighted by Crippen LogP contribution is 2.39. The Morgan fingerprint density at radius 3 is 1.43 bits per heavy atom. The molecule has 4 atom stereocenters. The SMILES string of the molecule is COC(=O)[C@@H]1[C@@H](c2ccccc2)N[C@H](c2ccccc2)[C@H](C(=O)OC)S1(=O)=O. The number of esters is 2. The lowest BCUT2D eigenvalue weighted by atomic mass is 9.97. The molecule has 1 heterocycles. The smallest absolute Gasteiger partial charge is 0.326 e. The van der Waals surface area contributed by atoms with Crippen molar-refractivity contribution < 1.29 is 27.5 Å². The van der Waals surface area contributed by atoms with Gasteiger partial charge in [-0.25, -0.2) is 8.42 Å². The van der Waals surface area contributed by atoms with E-state index in [1.54, 1.807) is 60.7 Å². The third-order valence-electron chi connectivity index (χ3n) is 4.86. The van der Waals surface area contributed by atoms with Crippen LogP contribution in [-0.2, 0) is 28.9 Å². The molecule has 0 saturated carbocycles. The molecule has 28 heavy (non-hydrogen) atoms. The van der Waals surface area contributed by atoms with Crippen molar-refractivity contribution in [1.29, 1.82) is 0 Å². The van der Waals surface area contributed by atoms with Gasteiger partial charge in [-0.3, -0.25) is 14.9 Å². The summed E-state index contributed by atoms with van der Waals surface area (Å²) in [6.07, 6.45) is 0. The first kappa shape index (κ1) is 20.0. The van der Waals surface area contributed by atoms with E-state index < -0.39 is 44.4 Å². The van der Waals surface area contributed by atoms with Gasteiger partial charge < -0.3 is 9.47 Å². The van der Waals surface area contributed by atoms with Crippen molar-refractivity contribution in [2.75, 3.05) is 14.2 Å². The number of hydrogen-bond acceptors (Lipinski definition) is 7. The molecular formula is C20H21NO6S. The maximum absolute atomic E-state index is 13.4. The molecule has 0 amide bonds. The molecule has 1 aliphatic rings. The number of carbonyl (C=O) groups excluding carboxylic acids is 2. The van der Waals surface area contributed by atoms with Gasteiger partial charge in [-0.05, 0) is 11.1 Å². The lowest BCUT2D eigenvalue weighted by molar-refractivity contribution is -0.142. The summed E-state index contributed by atoms with van der Waals surface area (Å²) in [5.74, 6) is -1.86. The van der Waals surface area contributed by atoms with Gasteiger partial charge in [0.15, 0.2) is 20.3 Å². The Hall–Kier alpha value is -2.71. The summed E-state index contributed by atoms with van der Waals surface area (Å²) in [4.78, 5) is 24.9. The van der Waals surface area contributed by atoms with Crippen molar-refractivity contribution in [2.24, 2.45) is 0 Å². The Labute approximate surface area is 163 Å². The van der Waals surface area contributed by atoms with Crippen LogP contribution in [0.5, 0.6) is 0 Å². The van der Waals surface area contributed by atoms with Gasteiger partial charge in [-0.2, -0.15) is 0 Å². The number of hydrogen-bond donors (Lipinski definition) is 1. The minimum absolute atomic E-state index is 0.603. The van der Waals surface area contributed by atoms with Gasteiger partial charge in [0.2, 0.25) is 0 Å². The van der Waals surface area contributed by atoms with Gasteiger partial charge >= 0.3 is 11.9 Å². The first-order chi connectivity index (χ1) is 13.4. The molecule has 0 unspecified atom stereocenters. The quantitative estimate of drug-likeness (QED) is 0.774. The van der Waals surface area contributed by atoms with Crippen LogP contribution in [0.4, 0.5) is 0 Å². The summed E-state index contributed by atoms with van der Waals surface area (Å²) in [7, 11) is -2.05. The summed E-state index contributed by atoms with van der Waals surface area (Å²) < 4.78 is 36.4. The van der Waals surface area contributed by atoms with Crippen molar-refractivity contribution >= 4 is 21.8 Å². The van der Waals surface area contributed by atoms with Crippen molar-refractivity contribution in [3.63, 3.8) is 0 Å². The molecule has 7 nitrogen and oxygen atoms in total. The molecule has 0 aromatic heterocycles. The predicted octanol–water partition coefficient (Wildman–Crippen LogP) is 1.57. The second kappa shape index (κ2) is 8.12. The number of nitrogens with one attached hydrogen (secondary N) is 1. The van der Waals surface area contributed by atoms with Gasteiger partial charge in [0.05, 0.1) is 26.3 Å². The molecule has 0 spiro atoms. The highest BCUT2D eigenvalue weighted by Gasteiger charge is 2.56. The fourth-order valence-electron chi connectivity index (χ4n) is 3.54. The summed E-state index contributed by atoms with van der Waals surface area (Å²) in [5.41, 5.74) is 1.21. The maximum atomic E-state index is 13.4. The standard InChI is InChI=1S/C20H21NO6S/c1-26-19(22)17-15(13-9-5-3-6-10-13)21-16(14-11-7-4-8-12-14)18(20(23)27-2)28(17,24)25/h3-12,15-18,21H,1-2H3/t15-,16-,17-,18+/m1/s1. The van der Waals surface area contributed by atoms with Crippen LogP contribution in [0.15, 0.2) is 60.7 Å². The van der Waals surface area contributed by atoms with Gasteiger partial charge in [0, 0.05) is 0 Å². The second-order valence-corrected chi connectivity index (χ2v) is 8.61. The van der Waals surface area contributed by atoms with E-state index in [1.807, 2.05) is 0 Å². The van der Waals surface area contributed by atoms with Crippen molar-refractivity contribution in [3.05, 3.63) is 71.8 Å². The second-order valence-electron chi connectivity index (χ2n) is 6.42. The average Bonchev–Trinajstić information content (AvgIpc) is 2.72. The van der Waals surface area contributed by atoms with Crippen LogP contribution in [0.25, 0.3) is 0 Å². The Balaban J connectivity index is 2.19. The van der Waals surface area contributed by atoms with Crippen molar-refractivity contribution in [1.82, 2.24) is 5.32 Å². The van der Waals surface area contributed by atoms with Gasteiger partial charge in [-0.1, -0.05) is 60.7 Å². The van der Waals surface area contributed by atoms with Crippen LogP contribution < -0.4 is 5.32 Å². The zero-order chi connectivity index (χ0) is 20.3. The van der Waals surface area contributed by atoms with E-state index >= 15 is 0 Å². The number of methoxy groups -OCH3 is 2. The molecule has 0 radical (unpaired) electrons. The summed E-state index contributed by atoms with van der Waals surface area (Å²) >= 11 is 0. The number of carbonyl (C=O) groups is 2. The van der Waals surface area contributed by atoms with E-state index in [0.717, 1.165) is 14.2 Å². The maximum Gasteiger partial charge on any atom is 0.326 e. The topological polar surface area (TPSA) is 98.8 Å². The van der Waals surface area contributed by atoms with Crippen LogP contribution in [0.3, 0.4) is 0 Å². The molecule has 3 rings (SSSR count). The summed E-state index contributed by atoms with van der Waals surface area (Å²) in [6.45, 7) is 0. The highest BCUT2D eigenvalue weighted by atomic mass is 32.2. The molecule has 1 aliphatic heterocycles. The highest BCUT2D eigenvalue weighted by molar-refractivity contribution is 7.94. The Morgan fingerprint density at radius 2 is 1.11 bits per heavy atom. The minimum Gasteiger partial charge on any atom is -0.468 e. The van der Waals surface area contributed by atoms with Crippen LogP contribution in [0.1, 0.15) is 23.2 Å². The molecule has 0 aliphatic carbocycles. The molecule has 148 valence electrons. The molecule has 1 fully saturated rings. The van der Waals surface area contributed by atoms with Crippen LogP contribution in [0, 0.1) is 0 Å².